The zero-order chi connectivity index (χ0) is 20.4. The summed E-state index contributed by atoms with van der Waals surface area (Å²) in [7, 11) is 1.45. The van der Waals surface area contributed by atoms with Gasteiger partial charge in [0.15, 0.2) is 5.76 Å². The highest BCUT2D eigenvalue weighted by molar-refractivity contribution is 6.33. The van der Waals surface area contributed by atoms with E-state index in [0.717, 1.165) is 9.36 Å². The first kappa shape index (κ1) is 19.7. The van der Waals surface area contributed by atoms with Crippen molar-refractivity contribution in [3.63, 3.8) is 0 Å². The Morgan fingerprint density at radius 2 is 1.93 bits per heavy atom. The van der Waals surface area contributed by atoms with Crippen molar-refractivity contribution in [1.29, 1.82) is 0 Å². The standard InChI is InChI=1S/C18H16ClF2N5O2/c1-10(11-5-3-6-12(9-11)17(20)21)16(28-22)15-13(19)7-4-8-14(15)26-18(27)25(2)23-24-26/h3-9,17H,22H2,1-2H3/b16-10+. The van der Waals surface area contributed by atoms with Gasteiger partial charge >= 0.3 is 5.69 Å². The van der Waals surface area contributed by atoms with Crippen molar-refractivity contribution < 1.29 is 13.6 Å². The second-order valence-electron chi connectivity index (χ2n) is 5.93. The lowest BCUT2D eigenvalue weighted by atomic mass is 9.99. The summed E-state index contributed by atoms with van der Waals surface area (Å²) < 4.78 is 28.2. The van der Waals surface area contributed by atoms with Crippen molar-refractivity contribution in [2.45, 2.75) is 13.3 Å². The van der Waals surface area contributed by atoms with Gasteiger partial charge in [0.25, 0.3) is 6.43 Å². The summed E-state index contributed by atoms with van der Waals surface area (Å²) >= 11 is 6.37. The van der Waals surface area contributed by atoms with E-state index in [-0.39, 0.29) is 27.6 Å². The number of tetrazole rings is 1. The predicted molar refractivity (Wildman–Crippen MR) is 101 cm³/mol. The SMILES string of the molecule is C/C(=C(\ON)c1c(Cl)cccc1-n1nnn(C)c1=O)c1cccc(C(F)F)c1. The lowest BCUT2D eigenvalue weighted by molar-refractivity contribution is 0.151. The Bertz CT molecular complexity index is 1110. The molecular weight excluding hydrogens is 392 g/mol. The smallest absolute Gasteiger partial charge is 0.368 e. The molecule has 1 heterocycles. The number of alkyl halides is 2. The van der Waals surface area contributed by atoms with Gasteiger partial charge in [0.05, 0.1) is 16.3 Å². The largest absolute Gasteiger partial charge is 0.410 e. The van der Waals surface area contributed by atoms with E-state index in [1.165, 1.54) is 25.2 Å². The number of hydrogen-bond donors (Lipinski definition) is 1. The van der Waals surface area contributed by atoms with E-state index >= 15 is 0 Å². The van der Waals surface area contributed by atoms with Crippen LogP contribution in [0.2, 0.25) is 5.02 Å². The summed E-state index contributed by atoms with van der Waals surface area (Å²) in [5.41, 5.74) is 0.853. The summed E-state index contributed by atoms with van der Waals surface area (Å²) in [4.78, 5) is 17.4. The van der Waals surface area contributed by atoms with Crippen molar-refractivity contribution in [3.8, 4) is 5.69 Å². The monoisotopic (exact) mass is 407 g/mol. The van der Waals surface area contributed by atoms with Crippen LogP contribution in [-0.4, -0.2) is 19.8 Å². The molecule has 0 fully saturated rings. The van der Waals surface area contributed by atoms with Gasteiger partial charge in [-0.25, -0.2) is 13.6 Å². The lowest BCUT2D eigenvalue weighted by Crippen LogP contribution is -2.23. The summed E-state index contributed by atoms with van der Waals surface area (Å²) in [6, 6.07) is 10.6. The number of aryl methyl sites for hydroxylation is 1. The van der Waals surface area contributed by atoms with Gasteiger partial charge < -0.3 is 4.84 Å². The van der Waals surface area contributed by atoms with Crippen molar-refractivity contribution >= 4 is 22.9 Å². The molecule has 7 nitrogen and oxygen atoms in total. The first-order chi connectivity index (χ1) is 13.3. The molecule has 0 saturated heterocycles. The van der Waals surface area contributed by atoms with Crippen LogP contribution >= 0.6 is 11.6 Å². The fraction of sp³-hybridized carbons (Fsp3) is 0.167. The number of benzene rings is 2. The van der Waals surface area contributed by atoms with E-state index in [1.807, 2.05) is 0 Å². The quantitative estimate of drug-likeness (QED) is 0.398. The number of rotatable bonds is 5. The molecule has 0 radical (unpaired) electrons. The highest BCUT2D eigenvalue weighted by atomic mass is 35.5. The van der Waals surface area contributed by atoms with Gasteiger partial charge in [0, 0.05) is 18.2 Å². The molecule has 3 aromatic rings. The average Bonchev–Trinajstić information content (AvgIpc) is 3.02. The molecule has 2 aromatic carbocycles. The topological polar surface area (TPSA) is 88.0 Å². The molecule has 0 aliphatic carbocycles. The molecule has 0 aliphatic heterocycles. The van der Waals surface area contributed by atoms with Crippen molar-refractivity contribution in [1.82, 2.24) is 19.8 Å². The molecule has 0 saturated carbocycles. The zero-order valence-electron chi connectivity index (χ0n) is 14.9. The molecule has 0 atom stereocenters. The fourth-order valence-corrected chi connectivity index (χ4v) is 3.01. The molecule has 0 spiro atoms. The summed E-state index contributed by atoms with van der Waals surface area (Å²) in [6.45, 7) is 1.65. The molecule has 28 heavy (non-hydrogen) atoms. The summed E-state index contributed by atoms with van der Waals surface area (Å²) in [5, 5.41) is 7.73. The minimum atomic E-state index is -2.62. The van der Waals surface area contributed by atoms with Crippen molar-refractivity contribution in [2.24, 2.45) is 12.9 Å². The van der Waals surface area contributed by atoms with Crippen LogP contribution in [0.5, 0.6) is 0 Å². The van der Waals surface area contributed by atoms with Gasteiger partial charge in [-0.3, -0.25) is 0 Å². The van der Waals surface area contributed by atoms with E-state index < -0.39 is 12.1 Å². The average molecular weight is 408 g/mol. The van der Waals surface area contributed by atoms with E-state index in [1.54, 1.807) is 31.2 Å². The Kier molecular flexibility index (Phi) is 5.57. The van der Waals surface area contributed by atoms with Crippen LogP contribution < -0.4 is 11.6 Å². The third-order valence-electron chi connectivity index (χ3n) is 4.20. The molecule has 0 aliphatic rings. The Morgan fingerprint density at radius 3 is 2.54 bits per heavy atom. The lowest BCUT2D eigenvalue weighted by Gasteiger charge is -2.16. The van der Waals surface area contributed by atoms with Crippen LogP contribution in [-0.2, 0) is 11.9 Å². The van der Waals surface area contributed by atoms with Gasteiger partial charge in [0.1, 0.15) is 0 Å². The number of halogens is 3. The minimum absolute atomic E-state index is 0.115. The molecule has 146 valence electrons. The third kappa shape index (κ3) is 3.54. The maximum absolute atomic E-state index is 13.1. The van der Waals surface area contributed by atoms with Crippen LogP contribution in [0.3, 0.4) is 0 Å². The van der Waals surface area contributed by atoms with Crippen molar-refractivity contribution in [2.75, 3.05) is 0 Å². The van der Waals surface area contributed by atoms with Crippen LogP contribution in [0, 0.1) is 0 Å². The van der Waals surface area contributed by atoms with E-state index in [4.69, 9.17) is 22.3 Å². The molecule has 0 amide bonds. The van der Waals surface area contributed by atoms with E-state index in [9.17, 15) is 13.6 Å². The second kappa shape index (κ2) is 7.91. The van der Waals surface area contributed by atoms with Crippen LogP contribution in [0.25, 0.3) is 17.0 Å². The Hall–Kier alpha value is -3.04. The molecule has 1 aromatic heterocycles. The van der Waals surface area contributed by atoms with Gasteiger partial charge in [-0.2, -0.15) is 15.3 Å². The normalized spacial score (nSPS) is 12.2. The van der Waals surface area contributed by atoms with E-state index in [0.29, 0.717) is 11.1 Å². The number of allylic oxidation sites excluding steroid dienone is 1. The molecule has 2 N–H and O–H groups in total. The Labute approximate surface area is 163 Å². The first-order valence-electron chi connectivity index (χ1n) is 8.09. The highest BCUT2D eigenvalue weighted by Gasteiger charge is 2.21. The molecule has 3 rings (SSSR count). The summed E-state index contributed by atoms with van der Waals surface area (Å²) in [6.07, 6.45) is -2.62. The predicted octanol–water partition coefficient (Wildman–Crippen LogP) is 3.34. The summed E-state index contributed by atoms with van der Waals surface area (Å²) in [5.74, 6) is 5.62. The minimum Gasteiger partial charge on any atom is -0.410 e. The fourth-order valence-electron chi connectivity index (χ4n) is 2.75. The molecule has 0 unspecified atom stereocenters. The third-order valence-corrected chi connectivity index (χ3v) is 4.51. The number of nitrogens with two attached hydrogens (primary N) is 1. The Morgan fingerprint density at radius 1 is 1.21 bits per heavy atom. The zero-order valence-corrected chi connectivity index (χ0v) is 15.7. The van der Waals surface area contributed by atoms with Crippen molar-refractivity contribution in [3.05, 3.63) is 74.7 Å². The Balaban J connectivity index is 2.26. The maximum atomic E-state index is 13.1. The van der Waals surface area contributed by atoms with Crippen LogP contribution in [0.1, 0.15) is 30.0 Å². The van der Waals surface area contributed by atoms with Crippen LogP contribution in [0.15, 0.2) is 47.3 Å². The van der Waals surface area contributed by atoms with Crippen LogP contribution in [0.4, 0.5) is 8.78 Å². The van der Waals surface area contributed by atoms with Gasteiger partial charge in [0.2, 0.25) is 0 Å². The molecule has 0 bridgehead atoms. The maximum Gasteiger partial charge on any atom is 0.368 e. The number of hydrogen-bond acceptors (Lipinski definition) is 5. The molecule has 10 heteroatoms. The first-order valence-corrected chi connectivity index (χ1v) is 8.47. The number of nitrogens with zero attached hydrogens (tertiary/aromatic N) is 4. The number of aromatic nitrogens is 4. The second-order valence-corrected chi connectivity index (χ2v) is 6.34. The van der Waals surface area contributed by atoms with Gasteiger partial charge in [-0.15, -0.1) is 0 Å². The van der Waals surface area contributed by atoms with Gasteiger partial charge in [-0.05, 0) is 41.1 Å². The highest BCUT2D eigenvalue weighted by Crippen LogP contribution is 2.35. The molecular formula is C18H16ClF2N5O2. The van der Waals surface area contributed by atoms with E-state index in [2.05, 4.69) is 10.4 Å². The van der Waals surface area contributed by atoms with Gasteiger partial charge in [-0.1, -0.05) is 35.9 Å².